The number of halogens is 3. The number of nitrogens with zero attached hydrogens (tertiary/aromatic N) is 2. The summed E-state index contributed by atoms with van der Waals surface area (Å²) in [5.74, 6) is 0. The molecular formula is C14H30Br3CoN8O4. The molecule has 3 fully saturated rings. The minimum Gasteiger partial charge on any atom is -1.00 e. The molecule has 0 aromatic rings. The van der Waals surface area contributed by atoms with Crippen LogP contribution >= 0.6 is 0 Å². The van der Waals surface area contributed by atoms with E-state index in [2.05, 4.69) is 31.9 Å². The molecule has 180 valence electrons. The van der Waals surface area contributed by atoms with Crippen molar-refractivity contribution in [2.45, 2.75) is 11.1 Å². The van der Waals surface area contributed by atoms with Gasteiger partial charge in [0.1, 0.15) is 0 Å². The van der Waals surface area contributed by atoms with Gasteiger partial charge in [-0.15, -0.1) is 0 Å². The first-order chi connectivity index (χ1) is 12.5. The first-order valence-corrected chi connectivity index (χ1v) is 9.04. The zero-order valence-corrected chi connectivity index (χ0v) is 22.3. The molecule has 0 amide bonds. The molecule has 3 rings (SSSR count). The molecule has 0 unspecified atom stereocenters. The normalized spacial score (nSPS) is 28.7. The summed E-state index contributed by atoms with van der Waals surface area (Å²) in [6, 6.07) is 0. The van der Waals surface area contributed by atoms with Crippen LogP contribution in [0.2, 0.25) is 0 Å². The molecular weight excluding hydrogens is 643 g/mol. The Morgan fingerprint density at radius 2 is 0.667 bits per heavy atom. The van der Waals surface area contributed by atoms with Crippen molar-refractivity contribution in [3.63, 3.8) is 0 Å². The fourth-order valence-electron chi connectivity index (χ4n) is 3.22. The standard InChI is InChI=1S/C14H30N8O4.3BrH.Co/c23-21(24)13-7-15-1-2-16-8-14(22(25)26,11-19-5-3-17-9-13)12-20-6-4-18-10-13;;;;/h15-20H,1-12H2;3*1H;/q;;;;+3/p-3. The van der Waals surface area contributed by atoms with E-state index in [0.29, 0.717) is 39.3 Å². The number of nitrogens with one attached hydrogen (secondary N) is 6. The van der Waals surface area contributed by atoms with Gasteiger partial charge < -0.3 is 82.8 Å². The van der Waals surface area contributed by atoms with Crippen molar-refractivity contribution in [3.8, 4) is 0 Å². The van der Waals surface area contributed by atoms with Crippen LogP contribution in [-0.4, -0.2) is 99.5 Å². The van der Waals surface area contributed by atoms with Gasteiger partial charge in [-0.1, -0.05) is 0 Å². The number of hydrogen-bond donors (Lipinski definition) is 6. The SMILES string of the molecule is O=[N+]([O-])C12CNCCNCC([N+](=O)[O-])(CNCCNC1)CNCCNC2.[Br-].[Br-].[Br-].[Co+3]. The van der Waals surface area contributed by atoms with Crippen molar-refractivity contribution in [2.24, 2.45) is 0 Å². The van der Waals surface area contributed by atoms with E-state index in [1.807, 2.05) is 0 Å². The van der Waals surface area contributed by atoms with E-state index in [4.69, 9.17) is 0 Å². The largest absolute Gasteiger partial charge is 3.00 e. The molecule has 3 saturated heterocycles. The van der Waals surface area contributed by atoms with E-state index in [0.717, 1.165) is 0 Å². The van der Waals surface area contributed by atoms with E-state index in [1.54, 1.807) is 0 Å². The molecule has 0 spiro atoms. The maximum absolute atomic E-state index is 11.8. The topological polar surface area (TPSA) is 158 Å². The Labute approximate surface area is 218 Å². The minimum atomic E-state index is -1.14. The fourth-order valence-corrected chi connectivity index (χ4v) is 3.22. The maximum atomic E-state index is 11.8. The summed E-state index contributed by atoms with van der Waals surface area (Å²) in [6.07, 6.45) is 0. The van der Waals surface area contributed by atoms with Gasteiger partial charge in [0.25, 0.3) is 11.1 Å². The second-order valence-electron chi connectivity index (χ2n) is 7.02. The Balaban J connectivity index is -0.00000182. The Morgan fingerprint density at radius 3 is 0.800 bits per heavy atom. The van der Waals surface area contributed by atoms with Crippen molar-refractivity contribution in [1.29, 1.82) is 0 Å². The van der Waals surface area contributed by atoms with E-state index in [1.165, 1.54) is 0 Å². The Kier molecular flexibility index (Phi) is 21.1. The predicted octanol–water partition coefficient (Wildman–Crippen LogP) is -12.4. The molecule has 3 heterocycles. The van der Waals surface area contributed by atoms with E-state index in [-0.39, 0.29) is 117 Å². The molecule has 6 N–H and O–H groups in total. The van der Waals surface area contributed by atoms with Crippen molar-refractivity contribution < 1.29 is 77.6 Å². The van der Waals surface area contributed by atoms with Crippen molar-refractivity contribution in [1.82, 2.24) is 31.9 Å². The van der Waals surface area contributed by atoms with Gasteiger partial charge in [0.2, 0.25) is 0 Å². The summed E-state index contributed by atoms with van der Waals surface area (Å²) in [5, 5.41) is 42.3. The zero-order valence-electron chi connectivity index (χ0n) is 16.5. The van der Waals surface area contributed by atoms with Crippen LogP contribution in [0.3, 0.4) is 0 Å². The molecule has 0 aromatic heterocycles. The second-order valence-corrected chi connectivity index (χ2v) is 7.02. The van der Waals surface area contributed by atoms with Crippen molar-refractivity contribution in [3.05, 3.63) is 20.2 Å². The third-order valence-corrected chi connectivity index (χ3v) is 4.93. The molecule has 0 radical (unpaired) electrons. The molecule has 16 heteroatoms. The monoisotopic (exact) mass is 670 g/mol. The van der Waals surface area contributed by atoms with Crippen LogP contribution in [0.1, 0.15) is 0 Å². The Bertz CT molecular complexity index is 413. The van der Waals surface area contributed by atoms with Gasteiger partial charge >= 0.3 is 16.8 Å². The number of hydrogen-bond acceptors (Lipinski definition) is 10. The van der Waals surface area contributed by atoms with Gasteiger partial charge in [0.15, 0.2) is 0 Å². The van der Waals surface area contributed by atoms with Crippen LogP contribution in [0.25, 0.3) is 0 Å². The van der Waals surface area contributed by atoms with Gasteiger partial charge in [-0.2, -0.15) is 0 Å². The molecule has 0 atom stereocenters. The maximum Gasteiger partial charge on any atom is 3.00 e. The fraction of sp³-hybridized carbons (Fsp3) is 1.00. The number of fused-ring (bicyclic) bond motifs is 15. The first kappa shape index (κ1) is 35.1. The van der Waals surface area contributed by atoms with Crippen LogP contribution < -0.4 is 82.8 Å². The molecule has 0 aromatic carbocycles. The summed E-state index contributed by atoms with van der Waals surface area (Å²) in [6.45, 7) is 4.38. The van der Waals surface area contributed by atoms with Crippen LogP contribution in [0.5, 0.6) is 0 Å². The predicted molar refractivity (Wildman–Crippen MR) is 96.7 cm³/mol. The van der Waals surface area contributed by atoms with Gasteiger partial charge in [-0.3, -0.25) is 20.2 Å². The molecule has 3 aliphatic rings. The van der Waals surface area contributed by atoms with Crippen LogP contribution in [0.15, 0.2) is 0 Å². The molecule has 30 heavy (non-hydrogen) atoms. The van der Waals surface area contributed by atoms with Gasteiger partial charge in [0, 0.05) is 49.1 Å². The Hall–Kier alpha value is 0.506. The smallest absolute Gasteiger partial charge is 1.00 e. The minimum absolute atomic E-state index is 0. The summed E-state index contributed by atoms with van der Waals surface area (Å²) in [4.78, 5) is 23.1. The molecule has 2 bridgehead atoms. The quantitative estimate of drug-likeness (QED) is 0.123. The average molecular weight is 673 g/mol. The van der Waals surface area contributed by atoms with E-state index in [9.17, 15) is 20.2 Å². The third-order valence-electron chi connectivity index (χ3n) is 4.93. The summed E-state index contributed by atoms with van der Waals surface area (Å²) < 4.78 is 0. The zero-order chi connectivity index (χ0) is 18.9. The van der Waals surface area contributed by atoms with Crippen LogP contribution in [0, 0.1) is 20.2 Å². The third kappa shape index (κ3) is 10.4. The molecule has 3 aliphatic heterocycles. The van der Waals surface area contributed by atoms with Crippen LogP contribution in [0.4, 0.5) is 0 Å². The van der Waals surface area contributed by atoms with Crippen molar-refractivity contribution in [2.75, 3.05) is 78.5 Å². The average Bonchev–Trinajstić information content (AvgIpc) is 2.61. The number of nitro groups is 2. The Morgan fingerprint density at radius 1 is 0.500 bits per heavy atom. The van der Waals surface area contributed by atoms with Gasteiger partial charge in [-0.05, 0) is 0 Å². The first-order valence-electron chi connectivity index (χ1n) is 9.04. The summed E-state index contributed by atoms with van der Waals surface area (Å²) >= 11 is 0. The summed E-state index contributed by atoms with van der Waals surface area (Å²) in [5.41, 5.74) is -2.28. The number of rotatable bonds is 2. The second kappa shape index (κ2) is 18.0. The molecule has 0 aliphatic carbocycles. The van der Waals surface area contributed by atoms with E-state index < -0.39 is 11.1 Å². The van der Waals surface area contributed by atoms with Gasteiger partial charge in [0.05, 0.1) is 39.3 Å². The van der Waals surface area contributed by atoms with Gasteiger partial charge in [-0.25, -0.2) is 0 Å². The van der Waals surface area contributed by atoms with Crippen LogP contribution in [-0.2, 0) is 16.8 Å². The molecule has 0 saturated carbocycles. The van der Waals surface area contributed by atoms with E-state index >= 15 is 0 Å². The summed E-state index contributed by atoms with van der Waals surface area (Å²) in [7, 11) is 0. The molecule has 12 nitrogen and oxygen atoms in total. The van der Waals surface area contributed by atoms with Crippen molar-refractivity contribution >= 4 is 0 Å².